The molecule has 3 unspecified atom stereocenters. The van der Waals surface area contributed by atoms with Gasteiger partial charge in [-0.1, -0.05) is 50.6 Å². The third-order valence-corrected chi connectivity index (χ3v) is 5.11. The Labute approximate surface area is 128 Å². The lowest BCUT2D eigenvalue weighted by Crippen LogP contribution is -2.63. The first-order valence-electron chi connectivity index (χ1n) is 8.21. The highest BCUT2D eigenvalue weighted by Crippen LogP contribution is 2.32. The van der Waals surface area contributed by atoms with Gasteiger partial charge in [0.25, 0.3) is 0 Å². The lowest BCUT2D eigenvalue weighted by atomic mass is 9.84. The van der Waals surface area contributed by atoms with Crippen LogP contribution in [0, 0.1) is 5.92 Å². The van der Waals surface area contributed by atoms with Crippen LogP contribution in [-0.4, -0.2) is 37.3 Å². The van der Waals surface area contributed by atoms with E-state index in [1.807, 2.05) is 0 Å². The van der Waals surface area contributed by atoms with Crippen molar-refractivity contribution < 1.29 is 4.39 Å². The molecule has 1 aromatic carbocycles. The number of alkyl halides is 1. The SMILES string of the molecule is CCC(C)C1CN(CCCF)C(C)(c2ccccc2)CN1. The van der Waals surface area contributed by atoms with E-state index in [1.165, 1.54) is 12.0 Å². The zero-order valence-corrected chi connectivity index (χ0v) is 13.6. The van der Waals surface area contributed by atoms with Gasteiger partial charge in [0, 0.05) is 25.7 Å². The van der Waals surface area contributed by atoms with Crippen molar-refractivity contribution in [3.05, 3.63) is 35.9 Å². The van der Waals surface area contributed by atoms with Crippen LogP contribution in [0.1, 0.15) is 39.2 Å². The third-order valence-electron chi connectivity index (χ3n) is 5.11. The first-order valence-corrected chi connectivity index (χ1v) is 8.21. The summed E-state index contributed by atoms with van der Waals surface area (Å²) in [5.41, 5.74) is 1.28. The molecule has 0 aliphatic carbocycles. The predicted octanol–water partition coefficient (Wildman–Crippen LogP) is 3.58. The van der Waals surface area contributed by atoms with Crippen molar-refractivity contribution in [2.75, 3.05) is 26.3 Å². The summed E-state index contributed by atoms with van der Waals surface area (Å²) in [5.74, 6) is 0.651. The smallest absolute Gasteiger partial charge is 0.0906 e. The quantitative estimate of drug-likeness (QED) is 0.862. The van der Waals surface area contributed by atoms with Crippen LogP contribution < -0.4 is 5.32 Å². The van der Waals surface area contributed by atoms with Crippen LogP contribution in [0.5, 0.6) is 0 Å². The van der Waals surface area contributed by atoms with E-state index >= 15 is 0 Å². The average Bonchev–Trinajstić information content (AvgIpc) is 2.54. The summed E-state index contributed by atoms with van der Waals surface area (Å²) in [6, 6.07) is 11.1. The Hall–Kier alpha value is -0.930. The van der Waals surface area contributed by atoms with Crippen LogP contribution in [0.2, 0.25) is 0 Å². The van der Waals surface area contributed by atoms with Crippen molar-refractivity contribution in [1.82, 2.24) is 10.2 Å². The zero-order chi connectivity index (χ0) is 15.3. The minimum absolute atomic E-state index is 0.0413. The number of halogens is 1. The Morgan fingerprint density at radius 3 is 2.71 bits per heavy atom. The maximum atomic E-state index is 12.7. The van der Waals surface area contributed by atoms with Gasteiger partial charge in [0.15, 0.2) is 0 Å². The Balaban J connectivity index is 2.19. The molecule has 0 bridgehead atoms. The minimum Gasteiger partial charge on any atom is -0.310 e. The largest absolute Gasteiger partial charge is 0.310 e. The number of hydrogen-bond acceptors (Lipinski definition) is 2. The molecule has 0 saturated carbocycles. The topological polar surface area (TPSA) is 15.3 Å². The fourth-order valence-electron chi connectivity index (χ4n) is 3.28. The molecule has 1 aromatic rings. The maximum absolute atomic E-state index is 12.7. The van der Waals surface area contributed by atoms with Gasteiger partial charge in [-0.3, -0.25) is 9.29 Å². The van der Waals surface area contributed by atoms with Crippen molar-refractivity contribution in [2.24, 2.45) is 5.92 Å². The van der Waals surface area contributed by atoms with Crippen molar-refractivity contribution in [1.29, 1.82) is 0 Å². The normalized spacial score (nSPS) is 28.5. The summed E-state index contributed by atoms with van der Waals surface area (Å²) in [6.07, 6.45) is 1.80. The lowest BCUT2D eigenvalue weighted by Gasteiger charge is -2.49. The van der Waals surface area contributed by atoms with Crippen LogP contribution in [0.4, 0.5) is 4.39 Å². The number of rotatable bonds is 6. The van der Waals surface area contributed by atoms with Crippen LogP contribution in [0.3, 0.4) is 0 Å². The Kier molecular flexibility index (Phi) is 5.77. The van der Waals surface area contributed by atoms with Gasteiger partial charge in [0.1, 0.15) is 0 Å². The van der Waals surface area contributed by atoms with E-state index in [0.717, 1.165) is 19.6 Å². The molecule has 1 aliphatic heterocycles. The highest BCUT2D eigenvalue weighted by atomic mass is 19.1. The van der Waals surface area contributed by atoms with Gasteiger partial charge >= 0.3 is 0 Å². The number of piperazine rings is 1. The molecule has 0 radical (unpaired) electrons. The number of nitrogens with one attached hydrogen (secondary N) is 1. The molecule has 0 spiro atoms. The molecule has 21 heavy (non-hydrogen) atoms. The molecule has 1 fully saturated rings. The molecule has 0 amide bonds. The average molecular weight is 292 g/mol. The number of benzene rings is 1. The molecular weight excluding hydrogens is 263 g/mol. The van der Waals surface area contributed by atoms with E-state index < -0.39 is 0 Å². The predicted molar refractivity (Wildman–Crippen MR) is 87.2 cm³/mol. The highest BCUT2D eigenvalue weighted by Gasteiger charge is 2.39. The molecular formula is C18H29FN2. The lowest BCUT2D eigenvalue weighted by molar-refractivity contribution is 0.0342. The highest BCUT2D eigenvalue weighted by molar-refractivity contribution is 5.25. The summed E-state index contributed by atoms with van der Waals surface area (Å²) < 4.78 is 12.7. The second kappa shape index (κ2) is 7.37. The van der Waals surface area contributed by atoms with E-state index in [9.17, 15) is 4.39 Å². The van der Waals surface area contributed by atoms with Gasteiger partial charge < -0.3 is 5.32 Å². The summed E-state index contributed by atoms with van der Waals surface area (Å²) >= 11 is 0. The molecule has 1 N–H and O–H groups in total. The van der Waals surface area contributed by atoms with E-state index in [1.54, 1.807) is 0 Å². The zero-order valence-electron chi connectivity index (χ0n) is 13.6. The first kappa shape index (κ1) is 16.4. The molecule has 3 atom stereocenters. The Morgan fingerprint density at radius 1 is 1.38 bits per heavy atom. The minimum atomic E-state index is -0.233. The van der Waals surface area contributed by atoms with E-state index in [2.05, 4.69) is 61.3 Å². The second-order valence-corrected chi connectivity index (χ2v) is 6.50. The van der Waals surface area contributed by atoms with Gasteiger partial charge in [0.2, 0.25) is 0 Å². The molecule has 1 heterocycles. The first-order chi connectivity index (χ1) is 10.1. The number of nitrogens with zero attached hydrogens (tertiary/aromatic N) is 1. The molecule has 3 heteroatoms. The summed E-state index contributed by atoms with van der Waals surface area (Å²) in [4.78, 5) is 2.48. The Bertz CT molecular complexity index is 422. The Morgan fingerprint density at radius 2 is 2.10 bits per heavy atom. The van der Waals surface area contributed by atoms with Crippen molar-refractivity contribution >= 4 is 0 Å². The second-order valence-electron chi connectivity index (χ2n) is 6.50. The monoisotopic (exact) mass is 292 g/mol. The van der Waals surface area contributed by atoms with Crippen molar-refractivity contribution in [3.8, 4) is 0 Å². The van der Waals surface area contributed by atoms with Gasteiger partial charge in [-0.05, 0) is 24.8 Å². The van der Waals surface area contributed by atoms with Gasteiger partial charge in [-0.25, -0.2) is 0 Å². The van der Waals surface area contributed by atoms with Crippen LogP contribution >= 0.6 is 0 Å². The van der Waals surface area contributed by atoms with Gasteiger partial charge in [0.05, 0.1) is 12.2 Å². The van der Waals surface area contributed by atoms with Crippen LogP contribution in [0.15, 0.2) is 30.3 Å². The van der Waals surface area contributed by atoms with Crippen molar-refractivity contribution in [2.45, 2.75) is 45.2 Å². The summed E-state index contributed by atoms with van der Waals surface area (Å²) in [7, 11) is 0. The third kappa shape index (κ3) is 3.64. The molecule has 0 aromatic heterocycles. The molecule has 2 nitrogen and oxygen atoms in total. The summed E-state index contributed by atoms with van der Waals surface area (Å²) in [6.45, 7) is 9.35. The number of hydrogen-bond donors (Lipinski definition) is 1. The summed E-state index contributed by atoms with van der Waals surface area (Å²) in [5, 5.41) is 3.73. The van der Waals surface area contributed by atoms with Gasteiger partial charge in [-0.2, -0.15) is 0 Å². The molecule has 2 rings (SSSR count). The standard InChI is InChI=1S/C18H29FN2/c1-4-15(2)17-13-21(12-8-11-19)18(3,14-20-17)16-9-6-5-7-10-16/h5-7,9-10,15,17,20H,4,8,11-14H2,1-3H3. The fourth-order valence-corrected chi connectivity index (χ4v) is 3.28. The van der Waals surface area contributed by atoms with E-state index in [4.69, 9.17) is 0 Å². The molecule has 118 valence electrons. The molecule has 1 aliphatic rings. The fraction of sp³-hybridized carbons (Fsp3) is 0.667. The maximum Gasteiger partial charge on any atom is 0.0906 e. The van der Waals surface area contributed by atoms with E-state index in [-0.39, 0.29) is 12.2 Å². The van der Waals surface area contributed by atoms with Crippen LogP contribution in [0.25, 0.3) is 0 Å². The molecule has 1 saturated heterocycles. The van der Waals surface area contributed by atoms with E-state index in [0.29, 0.717) is 18.4 Å². The van der Waals surface area contributed by atoms with Gasteiger partial charge in [-0.15, -0.1) is 0 Å². The van der Waals surface area contributed by atoms with Crippen molar-refractivity contribution in [3.63, 3.8) is 0 Å². The van der Waals surface area contributed by atoms with Crippen LogP contribution in [-0.2, 0) is 5.54 Å².